The Hall–Kier alpha value is -3.35. The Morgan fingerprint density at radius 3 is 2.59 bits per heavy atom. The molecular weight excluding hydrogens is 501 g/mol. The van der Waals surface area contributed by atoms with Gasteiger partial charge >= 0.3 is 0 Å². The number of nitrogens with zero attached hydrogens (tertiary/aromatic N) is 5. The fourth-order valence-corrected chi connectivity index (χ4v) is 4.57. The van der Waals surface area contributed by atoms with E-state index in [1.165, 1.54) is 35.2 Å². The minimum absolute atomic E-state index is 0.00917. The van der Waals surface area contributed by atoms with Crippen molar-refractivity contribution in [3.05, 3.63) is 75.8 Å². The molecule has 0 spiro atoms. The van der Waals surface area contributed by atoms with Crippen molar-refractivity contribution in [1.82, 2.24) is 30.3 Å². The number of thioether (sulfide) groups is 1. The SMILES string of the molecule is Cc1nnc(NC(=O)CSc2nnc(CNC(=O)c3c(F)cccc3Cl)n2-c2ccccc2)s1. The largest absolute Gasteiger partial charge is 0.345 e. The molecule has 0 aliphatic rings. The lowest BCUT2D eigenvalue weighted by Gasteiger charge is -2.11. The molecule has 0 aliphatic heterocycles. The molecule has 9 nitrogen and oxygen atoms in total. The summed E-state index contributed by atoms with van der Waals surface area (Å²) in [7, 11) is 0. The highest BCUT2D eigenvalue weighted by Crippen LogP contribution is 2.23. The van der Waals surface area contributed by atoms with E-state index in [1.807, 2.05) is 30.3 Å². The Labute approximate surface area is 206 Å². The summed E-state index contributed by atoms with van der Waals surface area (Å²) < 4.78 is 15.8. The number of carbonyl (C=O) groups excluding carboxylic acids is 2. The summed E-state index contributed by atoms with van der Waals surface area (Å²) in [5.74, 6) is -1.21. The van der Waals surface area contributed by atoms with Gasteiger partial charge in [-0.2, -0.15) is 0 Å². The highest BCUT2D eigenvalue weighted by molar-refractivity contribution is 7.99. The number of hydrogen-bond donors (Lipinski definition) is 2. The quantitative estimate of drug-likeness (QED) is 0.341. The summed E-state index contributed by atoms with van der Waals surface area (Å²) in [6.45, 7) is 1.76. The van der Waals surface area contributed by atoms with Crippen molar-refractivity contribution in [1.29, 1.82) is 0 Å². The second-order valence-corrected chi connectivity index (χ2v) is 9.34. The van der Waals surface area contributed by atoms with Crippen molar-refractivity contribution in [3.8, 4) is 5.69 Å². The summed E-state index contributed by atoms with van der Waals surface area (Å²) in [5, 5.41) is 23.0. The van der Waals surface area contributed by atoms with Crippen LogP contribution in [0.15, 0.2) is 53.7 Å². The Bertz CT molecular complexity index is 1310. The molecule has 0 unspecified atom stereocenters. The van der Waals surface area contributed by atoms with Crippen molar-refractivity contribution in [3.63, 3.8) is 0 Å². The molecule has 2 aromatic heterocycles. The minimum atomic E-state index is -0.720. The number of hydrogen-bond acceptors (Lipinski definition) is 8. The number of benzene rings is 2. The molecule has 0 saturated heterocycles. The highest BCUT2D eigenvalue weighted by atomic mass is 35.5. The average molecular weight is 518 g/mol. The molecule has 0 aliphatic carbocycles. The van der Waals surface area contributed by atoms with Crippen molar-refractivity contribution < 1.29 is 14.0 Å². The monoisotopic (exact) mass is 517 g/mol. The Kier molecular flexibility index (Phi) is 7.50. The van der Waals surface area contributed by atoms with Gasteiger partial charge < -0.3 is 5.32 Å². The fraction of sp³-hybridized carbons (Fsp3) is 0.143. The number of anilines is 1. The molecule has 0 radical (unpaired) electrons. The summed E-state index contributed by atoms with van der Waals surface area (Å²) in [6.07, 6.45) is 0. The first-order valence-corrected chi connectivity index (χ1v) is 12.0. The van der Waals surface area contributed by atoms with E-state index in [2.05, 4.69) is 31.0 Å². The number of carbonyl (C=O) groups is 2. The number of para-hydroxylation sites is 1. The van der Waals surface area contributed by atoms with Gasteiger partial charge in [-0.1, -0.05) is 59.0 Å². The van der Waals surface area contributed by atoms with Gasteiger partial charge in [0.15, 0.2) is 11.0 Å². The lowest BCUT2D eigenvalue weighted by atomic mass is 10.2. The smallest absolute Gasteiger partial charge is 0.256 e. The Morgan fingerprint density at radius 2 is 1.88 bits per heavy atom. The molecule has 34 heavy (non-hydrogen) atoms. The van der Waals surface area contributed by atoms with Crippen LogP contribution >= 0.6 is 34.7 Å². The van der Waals surface area contributed by atoms with E-state index in [9.17, 15) is 14.0 Å². The molecule has 13 heteroatoms. The molecular formula is C21H17ClFN7O2S2. The van der Waals surface area contributed by atoms with E-state index < -0.39 is 11.7 Å². The summed E-state index contributed by atoms with van der Waals surface area (Å²) in [6, 6.07) is 13.3. The molecule has 2 N–H and O–H groups in total. The number of amides is 2. The van der Waals surface area contributed by atoms with Crippen LogP contribution < -0.4 is 10.6 Å². The summed E-state index contributed by atoms with van der Waals surface area (Å²) >= 11 is 8.44. The molecule has 2 aromatic carbocycles. The van der Waals surface area contributed by atoms with Crippen LogP contribution in [0.2, 0.25) is 5.02 Å². The normalized spacial score (nSPS) is 10.8. The number of aryl methyl sites for hydroxylation is 1. The zero-order chi connectivity index (χ0) is 24.1. The lowest BCUT2D eigenvalue weighted by Crippen LogP contribution is -2.26. The predicted molar refractivity (Wildman–Crippen MR) is 128 cm³/mol. The molecule has 0 bridgehead atoms. The van der Waals surface area contributed by atoms with E-state index in [-0.39, 0.29) is 28.8 Å². The average Bonchev–Trinajstić information content (AvgIpc) is 3.42. The number of halogens is 2. The third-order valence-electron chi connectivity index (χ3n) is 4.42. The molecule has 0 saturated carbocycles. The van der Waals surface area contributed by atoms with Crippen molar-refractivity contribution in [2.24, 2.45) is 0 Å². The van der Waals surface area contributed by atoms with Gasteiger partial charge in [-0.15, -0.1) is 20.4 Å². The molecule has 4 aromatic rings. The maximum Gasteiger partial charge on any atom is 0.256 e. The van der Waals surface area contributed by atoms with E-state index in [0.717, 1.165) is 16.8 Å². The summed E-state index contributed by atoms with van der Waals surface area (Å²) in [4.78, 5) is 24.9. The molecule has 0 fully saturated rings. The van der Waals surface area contributed by atoms with Crippen LogP contribution in [0.1, 0.15) is 21.2 Å². The lowest BCUT2D eigenvalue weighted by molar-refractivity contribution is -0.113. The predicted octanol–water partition coefficient (Wildman–Crippen LogP) is 3.88. The van der Waals surface area contributed by atoms with Gasteiger partial charge in [-0.05, 0) is 31.2 Å². The zero-order valence-electron chi connectivity index (χ0n) is 17.7. The van der Waals surface area contributed by atoms with Gasteiger partial charge in [0.05, 0.1) is 22.9 Å². The van der Waals surface area contributed by atoms with Crippen molar-refractivity contribution in [2.75, 3.05) is 11.1 Å². The van der Waals surface area contributed by atoms with Gasteiger partial charge in [-0.25, -0.2) is 4.39 Å². The third-order valence-corrected chi connectivity index (χ3v) is 6.41. The molecule has 4 rings (SSSR count). The molecule has 174 valence electrons. The molecule has 2 heterocycles. The van der Waals surface area contributed by atoms with Gasteiger partial charge in [0.2, 0.25) is 11.0 Å². The molecule has 0 atom stereocenters. The van der Waals surface area contributed by atoms with Crippen molar-refractivity contribution in [2.45, 2.75) is 18.6 Å². The second kappa shape index (κ2) is 10.7. The fourth-order valence-electron chi connectivity index (χ4n) is 2.94. The van der Waals surface area contributed by atoms with Crippen LogP contribution in [0.3, 0.4) is 0 Å². The minimum Gasteiger partial charge on any atom is -0.345 e. The van der Waals surface area contributed by atoms with E-state index in [0.29, 0.717) is 16.1 Å². The number of rotatable bonds is 8. The van der Waals surface area contributed by atoms with Crippen LogP contribution in [0.4, 0.5) is 9.52 Å². The number of aromatic nitrogens is 5. The first-order chi connectivity index (χ1) is 16.4. The maximum atomic E-state index is 14.1. The Balaban J connectivity index is 1.50. The number of nitrogens with one attached hydrogen (secondary N) is 2. The Morgan fingerprint density at radius 1 is 1.09 bits per heavy atom. The van der Waals surface area contributed by atoms with E-state index in [4.69, 9.17) is 11.6 Å². The van der Waals surface area contributed by atoms with Crippen LogP contribution in [-0.4, -0.2) is 42.5 Å². The van der Waals surface area contributed by atoms with Crippen molar-refractivity contribution >= 4 is 51.6 Å². The zero-order valence-corrected chi connectivity index (χ0v) is 20.0. The first kappa shape index (κ1) is 23.8. The van der Waals surface area contributed by atoms with Crippen LogP contribution in [-0.2, 0) is 11.3 Å². The van der Waals surface area contributed by atoms with Crippen LogP contribution in [0, 0.1) is 12.7 Å². The van der Waals surface area contributed by atoms with Crippen LogP contribution in [0.5, 0.6) is 0 Å². The second-order valence-electron chi connectivity index (χ2n) is 6.81. The van der Waals surface area contributed by atoms with Gasteiger partial charge in [0.1, 0.15) is 10.8 Å². The topological polar surface area (TPSA) is 115 Å². The van der Waals surface area contributed by atoms with Gasteiger partial charge in [0, 0.05) is 5.69 Å². The highest BCUT2D eigenvalue weighted by Gasteiger charge is 2.19. The van der Waals surface area contributed by atoms with Gasteiger partial charge in [-0.3, -0.25) is 19.5 Å². The standard InChI is InChI=1S/C21H17ClFN7O2S2/c1-12-26-28-20(34-12)25-17(31)11-33-21-29-27-16(30(21)13-6-3-2-4-7-13)10-24-19(32)18-14(22)8-5-9-15(18)23/h2-9H,10-11H2,1H3,(H,24,32)(H,25,28,31). The van der Waals surface area contributed by atoms with Gasteiger partial charge in [0.25, 0.3) is 5.91 Å². The van der Waals surface area contributed by atoms with E-state index in [1.54, 1.807) is 11.5 Å². The first-order valence-electron chi connectivity index (χ1n) is 9.87. The van der Waals surface area contributed by atoms with Crippen LogP contribution in [0.25, 0.3) is 5.69 Å². The van der Waals surface area contributed by atoms with E-state index >= 15 is 0 Å². The molecule has 2 amide bonds. The third kappa shape index (κ3) is 5.58. The maximum absolute atomic E-state index is 14.1. The summed E-state index contributed by atoms with van der Waals surface area (Å²) in [5.41, 5.74) is 0.497.